The minimum absolute atomic E-state index is 0.117. The second kappa shape index (κ2) is 9.71. The van der Waals surface area contributed by atoms with Gasteiger partial charge < -0.3 is 10.1 Å². The fourth-order valence-corrected chi connectivity index (χ4v) is 3.29. The van der Waals surface area contributed by atoms with Crippen LogP contribution in [-0.2, 0) is 24.2 Å². The van der Waals surface area contributed by atoms with E-state index in [0.29, 0.717) is 19.2 Å². The molecular weight excluding hydrogens is 331 g/mol. The molecule has 0 saturated carbocycles. The molecule has 1 aliphatic rings. The van der Waals surface area contributed by atoms with Gasteiger partial charge in [0.2, 0.25) is 0 Å². The fraction of sp³-hybridized carbons (Fsp3) is 0.500. The number of hydrogen-bond donors (Lipinski definition) is 1. The summed E-state index contributed by atoms with van der Waals surface area (Å²) in [6.45, 7) is 4.01. The van der Waals surface area contributed by atoms with Gasteiger partial charge in [-0.1, -0.05) is 18.2 Å². The molecule has 3 rings (SSSR count). The number of nitrogens with one attached hydrogen (secondary N) is 1. The summed E-state index contributed by atoms with van der Waals surface area (Å²) >= 11 is 0. The van der Waals surface area contributed by atoms with Gasteiger partial charge in [-0.3, -0.25) is 4.90 Å². The van der Waals surface area contributed by atoms with Crippen molar-refractivity contribution in [1.29, 1.82) is 0 Å². The number of likely N-dealkylation sites (tertiary alicyclic amines) is 1. The molecule has 1 N–H and O–H groups in total. The molecule has 1 aromatic carbocycles. The van der Waals surface area contributed by atoms with Gasteiger partial charge in [-0.15, -0.1) is 0 Å². The molecule has 0 spiro atoms. The summed E-state index contributed by atoms with van der Waals surface area (Å²) in [5.41, 5.74) is 1.85. The van der Waals surface area contributed by atoms with Gasteiger partial charge in [-0.25, -0.2) is 14.4 Å². The van der Waals surface area contributed by atoms with Crippen molar-refractivity contribution in [2.24, 2.45) is 0 Å². The highest BCUT2D eigenvalue weighted by atomic mass is 19.1. The lowest BCUT2D eigenvalue weighted by atomic mass is 10.0. The van der Waals surface area contributed by atoms with Crippen molar-refractivity contribution >= 4 is 0 Å². The van der Waals surface area contributed by atoms with Crippen LogP contribution >= 0.6 is 0 Å². The highest BCUT2D eigenvalue weighted by Crippen LogP contribution is 2.16. The number of hydrogen-bond acceptors (Lipinski definition) is 5. The maximum absolute atomic E-state index is 13.9. The van der Waals surface area contributed by atoms with E-state index in [4.69, 9.17) is 4.74 Å². The van der Waals surface area contributed by atoms with E-state index in [1.807, 2.05) is 24.5 Å². The van der Waals surface area contributed by atoms with Gasteiger partial charge in [0.25, 0.3) is 0 Å². The maximum atomic E-state index is 13.9. The third-order valence-corrected chi connectivity index (χ3v) is 4.74. The first-order valence-electron chi connectivity index (χ1n) is 9.22. The van der Waals surface area contributed by atoms with Crippen LogP contribution in [0.5, 0.6) is 0 Å². The molecule has 2 aromatic rings. The molecular formula is C20H27FN4O. The third kappa shape index (κ3) is 5.56. The number of ether oxygens (including phenoxy) is 1. The summed E-state index contributed by atoms with van der Waals surface area (Å²) in [6.07, 6.45) is 6.76. The van der Waals surface area contributed by atoms with E-state index in [9.17, 15) is 4.39 Å². The highest BCUT2D eigenvalue weighted by molar-refractivity contribution is 5.17. The molecule has 2 heterocycles. The smallest absolute Gasteiger partial charge is 0.130 e. The summed E-state index contributed by atoms with van der Waals surface area (Å²) < 4.78 is 18.9. The van der Waals surface area contributed by atoms with Crippen LogP contribution in [0.3, 0.4) is 0 Å². The monoisotopic (exact) mass is 358 g/mol. The van der Waals surface area contributed by atoms with Gasteiger partial charge in [0, 0.05) is 62.7 Å². The maximum Gasteiger partial charge on any atom is 0.130 e. The van der Waals surface area contributed by atoms with E-state index in [0.717, 1.165) is 55.8 Å². The second-order valence-corrected chi connectivity index (χ2v) is 6.80. The Labute approximate surface area is 154 Å². The first-order chi connectivity index (χ1) is 12.7. The van der Waals surface area contributed by atoms with Gasteiger partial charge in [-0.05, 0) is 25.5 Å². The Hall–Kier alpha value is -1.89. The molecule has 5 nitrogen and oxygen atoms in total. The Morgan fingerprint density at radius 1 is 1.27 bits per heavy atom. The van der Waals surface area contributed by atoms with Crippen LogP contribution in [0.4, 0.5) is 4.39 Å². The first-order valence-corrected chi connectivity index (χ1v) is 9.22. The zero-order chi connectivity index (χ0) is 18.2. The normalized spacial score (nSPS) is 18.2. The van der Waals surface area contributed by atoms with Gasteiger partial charge in [-0.2, -0.15) is 0 Å². The Morgan fingerprint density at radius 3 is 2.85 bits per heavy atom. The second-order valence-electron chi connectivity index (χ2n) is 6.80. The molecule has 0 radical (unpaired) electrons. The number of methoxy groups -OCH3 is 1. The van der Waals surface area contributed by atoms with Crippen molar-refractivity contribution in [2.45, 2.75) is 38.4 Å². The Morgan fingerprint density at radius 2 is 2.08 bits per heavy atom. The summed E-state index contributed by atoms with van der Waals surface area (Å²) in [5.74, 6) is 0.692. The molecule has 26 heavy (non-hydrogen) atoms. The largest absolute Gasteiger partial charge is 0.384 e. The van der Waals surface area contributed by atoms with E-state index in [2.05, 4.69) is 20.2 Å². The van der Waals surface area contributed by atoms with Crippen molar-refractivity contribution in [3.05, 3.63) is 59.4 Å². The van der Waals surface area contributed by atoms with Crippen LogP contribution in [0.25, 0.3) is 0 Å². The lowest BCUT2D eigenvalue weighted by Gasteiger charge is -2.33. The zero-order valence-corrected chi connectivity index (χ0v) is 15.3. The molecule has 1 saturated heterocycles. The zero-order valence-electron chi connectivity index (χ0n) is 15.3. The SMILES string of the molecule is COCCc1ncc(CN[C@H]2CCCN(Cc3ccccc3F)C2)cn1. The molecule has 1 aromatic heterocycles. The molecule has 0 aliphatic carbocycles. The van der Waals surface area contributed by atoms with Crippen LogP contribution in [0.1, 0.15) is 29.8 Å². The molecule has 1 atom stereocenters. The van der Waals surface area contributed by atoms with E-state index in [1.165, 1.54) is 6.07 Å². The van der Waals surface area contributed by atoms with Crippen molar-refractivity contribution in [1.82, 2.24) is 20.2 Å². The van der Waals surface area contributed by atoms with Gasteiger partial charge >= 0.3 is 0 Å². The molecule has 1 fully saturated rings. The van der Waals surface area contributed by atoms with Gasteiger partial charge in [0.1, 0.15) is 11.6 Å². The average Bonchev–Trinajstić information content (AvgIpc) is 2.68. The Kier molecular flexibility index (Phi) is 7.05. The highest BCUT2D eigenvalue weighted by Gasteiger charge is 2.20. The summed E-state index contributed by atoms with van der Waals surface area (Å²) in [4.78, 5) is 11.1. The number of rotatable bonds is 8. The predicted molar refractivity (Wildman–Crippen MR) is 99.2 cm³/mol. The fourth-order valence-electron chi connectivity index (χ4n) is 3.29. The summed E-state index contributed by atoms with van der Waals surface area (Å²) in [5, 5.41) is 3.59. The lowest BCUT2D eigenvalue weighted by molar-refractivity contribution is 0.181. The van der Waals surface area contributed by atoms with Crippen molar-refractivity contribution in [2.75, 3.05) is 26.8 Å². The van der Waals surface area contributed by atoms with Crippen LogP contribution < -0.4 is 5.32 Å². The van der Waals surface area contributed by atoms with Crippen molar-refractivity contribution in [3.8, 4) is 0 Å². The van der Waals surface area contributed by atoms with Crippen LogP contribution in [0.2, 0.25) is 0 Å². The molecule has 6 heteroatoms. The summed E-state index contributed by atoms with van der Waals surface area (Å²) in [6, 6.07) is 7.44. The Balaban J connectivity index is 1.47. The minimum atomic E-state index is -0.117. The molecule has 0 bridgehead atoms. The number of piperidine rings is 1. The number of aromatic nitrogens is 2. The molecule has 140 valence electrons. The molecule has 1 aliphatic heterocycles. The Bertz CT molecular complexity index is 680. The topological polar surface area (TPSA) is 50.3 Å². The predicted octanol–water partition coefficient (Wildman–Crippen LogP) is 2.56. The van der Waals surface area contributed by atoms with Crippen LogP contribution in [0, 0.1) is 5.82 Å². The molecule has 0 unspecified atom stereocenters. The van der Waals surface area contributed by atoms with Crippen LogP contribution in [-0.4, -0.2) is 47.7 Å². The quantitative estimate of drug-likeness (QED) is 0.786. The number of benzene rings is 1. The first kappa shape index (κ1) is 18.9. The van der Waals surface area contributed by atoms with E-state index in [1.54, 1.807) is 13.2 Å². The van der Waals surface area contributed by atoms with Crippen LogP contribution in [0.15, 0.2) is 36.7 Å². The van der Waals surface area contributed by atoms with Crippen molar-refractivity contribution < 1.29 is 9.13 Å². The lowest BCUT2D eigenvalue weighted by Crippen LogP contribution is -2.45. The summed E-state index contributed by atoms with van der Waals surface area (Å²) in [7, 11) is 1.68. The number of nitrogens with zero attached hydrogens (tertiary/aromatic N) is 3. The minimum Gasteiger partial charge on any atom is -0.384 e. The van der Waals surface area contributed by atoms with E-state index in [-0.39, 0.29) is 5.82 Å². The van der Waals surface area contributed by atoms with E-state index < -0.39 is 0 Å². The van der Waals surface area contributed by atoms with Gasteiger partial charge in [0.15, 0.2) is 0 Å². The standard InChI is InChI=1S/C20H27FN4O/c1-26-10-8-20-23-12-16(13-24-20)11-22-18-6-4-9-25(15-18)14-17-5-2-3-7-19(17)21/h2-3,5,7,12-13,18,22H,4,6,8-11,14-15H2,1H3/t18-/m0/s1. The van der Waals surface area contributed by atoms with Gasteiger partial charge in [0.05, 0.1) is 6.61 Å². The molecule has 0 amide bonds. The third-order valence-electron chi connectivity index (χ3n) is 4.74. The average molecular weight is 358 g/mol. The number of halogens is 1. The van der Waals surface area contributed by atoms with E-state index >= 15 is 0 Å². The van der Waals surface area contributed by atoms with Crippen molar-refractivity contribution in [3.63, 3.8) is 0 Å².